The molecule has 1 rings (SSSR count). The molecule has 1 fully saturated rings. The third-order valence-corrected chi connectivity index (χ3v) is 3.67. The van der Waals surface area contributed by atoms with Crippen molar-refractivity contribution in [2.24, 2.45) is 11.7 Å². The van der Waals surface area contributed by atoms with Gasteiger partial charge in [-0.2, -0.15) is 11.8 Å². The number of methoxy groups -OCH3 is 1. The van der Waals surface area contributed by atoms with E-state index in [0.29, 0.717) is 12.3 Å². The van der Waals surface area contributed by atoms with E-state index in [-0.39, 0.29) is 12.0 Å². The van der Waals surface area contributed by atoms with Crippen molar-refractivity contribution in [3.8, 4) is 0 Å². The summed E-state index contributed by atoms with van der Waals surface area (Å²) in [6.07, 6.45) is 2.47. The molecule has 4 heteroatoms. The molecule has 2 atom stereocenters. The number of carbonyl (C=O) groups is 1. The molecule has 3 nitrogen and oxygen atoms in total. The Bertz CT molecular complexity index is 175. The lowest BCUT2D eigenvalue weighted by atomic mass is 9.95. The van der Waals surface area contributed by atoms with Crippen LogP contribution in [0.5, 0.6) is 0 Å². The second-order valence-corrected chi connectivity index (χ2v) is 4.55. The molecule has 0 aromatic rings. The largest absolute Gasteiger partial charge is 0.469 e. The summed E-state index contributed by atoms with van der Waals surface area (Å²) in [5, 5.41) is 0. The van der Waals surface area contributed by atoms with E-state index in [1.165, 1.54) is 7.11 Å². The highest BCUT2D eigenvalue weighted by atomic mass is 32.2. The number of hydrogen-bond acceptors (Lipinski definition) is 4. The van der Waals surface area contributed by atoms with Gasteiger partial charge in [-0.3, -0.25) is 4.79 Å². The zero-order valence-electron chi connectivity index (χ0n) is 7.99. The maximum Gasteiger partial charge on any atom is 0.305 e. The monoisotopic (exact) mass is 203 g/mol. The number of nitrogens with two attached hydrogens (primary N) is 1. The number of hydrogen-bond donors (Lipinski definition) is 1. The predicted molar refractivity (Wildman–Crippen MR) is 54.7 cm³/mol. The minimum Gasteiger partial charge on any atom is -0.469 e. The van der Waals surface area contributed by atoms with E-state index in [1.54, 1.807) is 0 Å². The van der Waals surface area contributed by atoms with Gasteiger partial charge in [0.15, 0.2) is 0 Å². The van der Waals surface area contributed by atoms with Crippen LogP contribution in [-0.4, -0.2) is 30.6 Å². The van der Waals surface area contributed by atoms with E-state index in [9.17, 15) is 4.79 Å². The van der Waals surface area contributed by atoms with Crippen LogP contribution in [0.15, 0.2) is 0 Å². The molecule has 2 N–H and O–H groups in total. The number of ether oxygens (including phenoxy) is 1. The molecule has 1 aliphatic rings. The molecule has 0 saturated carbocycles. The standard InChI is InChI=1S/C9H17NO2S/c1-12-9(11)3-2-7-6-13-5-4-8(7)10/h7-8H,2-6,10H2,1H3/t7-,8-/m0/s1. The Kier molecular flexibility index (Phi) is 4.59. The quantitative estimate of drug-likeness (QED) is 0.696. The van der Waals surface area contributed by atoms with Crippen LogP contribution in [0.1, 0.15) is 19.3 Å². The molecule has 0 unspecified atom stereocenters. The molecule has 0 spiro atoms. The third-order valence-electron chi connectivity index (χ3n) is 2.48. The number of esters is 1. The predicted octanol–water partition coefficient (Wildman–Crippen LogP) is 1.02. The van der Waals surface area contributed by atoms with Gasteiger partial charge in [-0.15, -0.1) is 0 Å². The minimum absolute atomic E-state index is 0.122. The van der Waals surface area contributed by atoms with Gasteiger partial charge in [0.25, 0.3) is 0 Å². The molecule has 0 amide bonds. The first-order valence-electron chi connectivity index (χ1n) is 4.64. The molecule has 13 heavy (non-hydrogen) atoms. The molecule has 1 aliphatic heterocycles. The first kappa shape index (κ1) is 10.9. The van der Waals surface area contributed by atoms with Crippen LogP contribution < -0.4 is 5.73 Å². The molecule has 1 heterocycles. The molecule has 0 aromatic heterocycles. The van der Waals surface area contributed by atoms with Gasteiger partial charge in [0, 0.05) is 12.5 Å². The average molecular weight is 203 g/mol. The maximum atomic E-state index is 10.9. The van der Waals surface area contributed by atoms with Crippen molar-refractivity contribution in [1.29, 1.82) is 0 Å². The van der Waals surface area contributed by atoms with Gasteiger partial charge in [-0.25, -0.2) is 0 Å². The van der Waals surface area contributed by atoms with Crippen molar-refractivity contribution in [1.82, 2.24) is 0 Å². The highest BCUT2D eigenvalue weighted by Crippen LogP contribution is 2.25. The van der Waals surface area contributed by atoms with Crippen molar-refractivity contribution in [2.45, 2.75) is 25.3 Å². The van der Waals surface area contributed by atoms with Crippen molar-refractivity contribution >= 4 is 17.7 Å². The average Bonchev–Trinajstić information content (AvgIpc) is 2.16. The van der Waals surface area contributed by atoms with Crippen LogP contribution in [0.2, 0.25) is 0 Å². The highest BCUT2D eigenvalue weighted by Gasteiger charge is 2.22. The van der Waals surface area contributed by atoms with E-state index in [0.717, 1.165) is 24.3 Å². The van der Waals surface area contributed by atoms with E-state index >= 15 is 0 Å². The zero-order chi connectivity index (χ0) is 9.68. The maximum absolute atomic E-state index is 10.9. The minimum atomic E-state index is -0.122. The Morgan fingerprint density at radius 2 is 2.46 bits per heavy atom. The summed E-state index contributed by atoms with van der Waals surface area (Å²) in [4.78, 5) is 10.9. The first-order chi connectivity index (χ1) is 6.24. The van der Waals surface area contributed by atoms with Crippen LogP contribution in [0.25, 0.3) is 0 Å². The van der Waals surface area contributed by atoms with E-state index < -0.39 is 0 Å². The van der Waals surface area contributed by atoms with Gasteiger partial charge in [0.2, 0.25) is 0 Å². The fraction of sp³-hybridized carbons (Fsp3) is 0.889. The summed E-state index contributed by atoms with van der Waals surface area (Å²) in [5.74, 6) is 2.63. The Hall–Kier alpha value is -0.220. The summed E-state index contributed by atoms with van der Waals surface area (Å²) < 4.78 is 4.59. The summed E-state index contributed by atoms with van der Waals surface area (Å²) >= 11 is 1.93. The van der Waals surface area contributed by atoms with Crippen LogP contribution in [0.3, 0.4) is 0 Å². The van der Waals surface area contributed by atoms with Crippen molar-refractivity contribution in [3.05, 3.63) is 0 Å². The smallest absolute Gasteiger partial charge is 0.305 e. The fourth-order valence-electron chi connectivity index (χ4n) is 1.52. The molecule has 1 saturated heterocycles. The Labute approximate surface area is 83.4 Å². The number of rotatable bonds is 3. The highest BCUT2D eigenvalue weighted by molar-refractivity contribution is 7.99. The molecule has 0 bridgehead atoms. The lowest BCUT2D eigenvalue weighted by Gasteiger charge is -2.27. The molecular weight excluding hydrogens is 186 g/mol. The van der Waals surface area contributed by atoms with E-state index in [4.69, 9.17) is 5.73 Å². The van der Waals surface area contributed by atoms with Crippen LogP contribution in [0, 0.1) is 5.92 Å². The van der Waals surface area contributed by atoms with Gasteiger partial charge >= 0.3 is 5.97 Å². The topological polar surface area (TPSA) is 52.3 Å². The Morgan fingerprint density at radius 3 is 3.08 bits per heavy atom. The molecule has 0 aromatic carbocycles. The lowest BCUT2D eigenvalue weighted by Crippen LogP contribution is -2.35. The van der Waals surface area contributed by atoms with Crippen LogP contribution in [-0.2, 0) is 9.53 Å². The normalized spacial score (nSPS) is 28.5. The van der Waals surface area contributed by atoms with Gasteiger partial charge < -0.3 is 10.5 Å². The lowest BCUT2D eigenvalue weighted by molar-refractivity contribution is -0.140. The van der Waals surface area contributed by atoms with Crippen molar-refractivity contribution in [3.63, 3.8) is 0 Å². The van der Waals surface area contributed by atoms with Gasteiger partial charge in [0.05, 0.1) is 7.11 Å². The second-order valence-electron chi connectivity index (χ2n) is 3.40. The summed E-state index contributed by atoms with van der Waals surface area (Å²) in [7, 11) is 1.43. The van der Waals surface area contributed by atoms with Crippen molar-refractivity contribution < 1.29 is 9.53 Å². The van der Waals surface area contributed by atoms with Gasteiger partial charge in [0.1, 0.15) is 0 Å². The summed E-state index contributed by atoms with van der Waals surface area (Å²) in [5.41, 5.74) is 5.94. The summed E-state index contributed by atoms with van der Waals surface area (Å²) in [6.45, 7) is 0. The van der Waals surface area contributed by atoms with E-state index in [1.807, 2.05) is 11.8 Å². The number of carbonyl (C=O) groups excluding carboxylic acids is 1. The van der Waals surface area contributed by atoms with Gasteiger partial charge in [-0.05, 0) is 30.3 Å². The first-order valence-corrected chi connectivity index (χ1v) is 5.79. The Balaban J connectivity index is 2.22. The van der Waals surface area contributed by atoms with Crippen LogP contribution in [0.4, 0.5) is 0 Å². The second kappa shape index (κ2) is 5.50. The van der Waals surface area contributed by atoms with Crippen molar-refractivity contribution in [2.75, 3.05) is 18.6 Å². The van der Waals surface area contributed by atoms with Crippen LogP contribution >= 0.6 is 11.8 Å². The number of thioether (sulfide) groups is 1. The Morgan fingerprint density at radius 1 is 1.69 bits per heavy atom. The summed E-state index contributed by atoms with van der Waals surface area (Å²) in [6, 6.07) is 0.283. The molecule has 0 radical (unpaired) electrons. The third kappa shape index (κ3) is 3.56. The van der Waals surface area contributed by atoms with Gasteiger partial charge in [-0.1, -0.05) is 0 Å². The zero-order valence-corrected chi connectivity index (χ0v) is 8.81. The molecule has 0 aliphatic carbocycles. The van der Waals surface area contributed by atoms with E-state index in [2.05, 4.69) is 4.74 Å². The SMILES string of the molecule is COC(=O)CC[C@H]1CSCC[C@@H]1N. The molecule has 76 valence electrons. The fourth-order valence-corrected chi connectivity index (χ4v) is 2.84. The molecular formula is C9H17NO2S.